The van der Waals surface area contributed by atoms with Gasteiger partial charge in [0, 0.05) is 24.9 Å². The van der Waals surface area contributed by atoms with Crippen LogP contribution in [0.3, 0.4) is 0 Å². The Labute approximate surface area is 93.6 Å². The van der Waals surface area contributed by atoms with Crippen LogP contribution in [0.25, 0.3) is 0 Å². The lowest BCUT2D eigenvalue weighted by molar-refractivity contribution is -0.142. The summed E-state index contributed by atoms with van der Waals surface area (Å²) in [5, 5.41) is 8.80. The summed E-state index contributed by atoms with van der Waals surface area (Å²) in [4.78, 5) is 21.9. The van der Waals surface area contributed by atoms with Crippen LogP contribution in [0.1, 0.15) is 24.5 Å². The summed E-state index contributed by atoms with van der Waals surface area (Å²) in [6.45, 7) is 0. The Balaban J connectivity index is 2.83. The van der Waals surface area contributed by atoms with Gasteiger partial charge in [-0.1, -0.05) is 0 Å². The molecular weight excluding hydrogens is 210 g/mol. The predicted octanol–water partition coefficient (Wildman–Crippen LogP) is 1.15. The van der Waals surface area contributed by atoms with Crippen LogP contribution in [0.4, 0.5) is 0 Å². The van der Waals surface area contributed by atoms with Gasteiger partial charge in [0.15, 0.2) is 0 Å². The number of nitrogens with zero attached hydrogens (tertiary/aromatic N) is 1. The highest BCUT2D eigenvalue weighted by Gasteiger charge is 2.21. The second-order valence-corrected chi connectivity index (χ2v) is 3.62. The Morgan fingerprint density at radius 2 is 2.19 bits per heavy atom. The van der Waals surface area contributed by atoms with Gasteiger partial charge in [-0.05, 0) is 12.1 Å². The number of esters is 1. The molecule has 0 bridgehead atoms. The summed E-state index contributed by atoms with van der Waals surface area (Å²) in [5.74, 6) is -1.66. The van der Waals surface area contributed by atoms with Gasteiger partial charge in [0.1, 0.15) is 0 Å². The summed E-state index contributed by atoms with van der Waals surface area (Å²) < 4.78 is 6.38. The van der Waals surface area contributed by atoms with Crippen molar-refractivity contribution in [2.75, 3.05) is 7.11 Å². The van der Waals surface area contributed by atoms with E-state index >= 15 is 0 Å². The maximum absolute atomic E-state index is 11.2. The second-order valence-electron chi connectivity index (χ2n) is 3.62. The molecule has 1 N–H and O–H groups in total. The third kappa shape index (κ3) is 3.12. The average Bonchev–Trinajstić information content (AvgIpc) is 2.62. The molecule has 0 aliphatic heterocycles. The highest BCUT2D eigenvalue weighted by molar-refractivity contribution is 5.73. The third-order valence-corrected chi connectivity index (χ3v) is 2.46. The van der Waals surface area contributed by atoms with Gasteiger partial charge in [-0.2, -0.15) is 0 Å². The average molecular weight is 225 g/mol. The minimum atomic E-state index is -0.921. The fourth-order valence-electron chi connectivity index (χ4n) is 1.68. The summed E-state index contributed by atoms with van der Waals surface area (Å²) >= 11 is 0. The van der Waals surface area contributed by atoms with Gasteiger partial charge in [0.25, 0.3) is 0 Å². The topological polar surface area (TPSA) is 68.5 Å². The lowest BCUT2D eigenvalue weighted by Gasteiger charge is -2.14. The highest BCUT2D eigenvalue weighted by atomic mass is 16.5. The zero-order chi connectivity index (χ0) is 12.1. The molecule has 1 aromatic rings. The number of carboxylic acid groups (broad SMARTS) is 1. The van der Waals surface area contributed by atoms with E-state index in [2.05, 4.69) is 4.74 Å². The van der Waals surface area contributed by atoms with Crippen molar-refractivity contribution in [2.45, 2.75) is 18.8 Å². The number of aryl methyl sites for hydroxylation is 1. The van der Waals surface area contributed by atoms with E-state index in [1.165, 1.54) is 7.11 Å². The van der Waals surface area contributed by atoms with Crippen molar-refractivity contribution in [1.29, 1.82) is 0 Å². The molecule has 0 saturated carbocycles. The number of ether oxygens (including phenoxy) is 1. The Morgan fingerprint density at radius 3 is 2.62 bits per heavy atom. The van der Waals surface area contributed by atoms with Crippen molar-refractivity contribution in [3.8, 4) is 0 Å². The maximum Gasteiger partial charge on any atom is 0.306 e. The van der Waals surface area contributed by atoms with E-state index < -0.39 is 11.9 Å². The number of carbonyl (C=O) groups excluding carboxylic acids is 1. The Hall–Kier alpha value is -1.78. The van der Waals surface area contributed by atoms with Crippen molar-refractivity contribution < 1.29 is 19.4 Å². The van der Waals surface area contributed by atoms with E-state index in [-0.39, 0.29) is 18.8 Å². The molecule has 5 heteroatoms. The zero-order valence-electron chi connectivity index (χ0n) is 9.34. The van der Waals surface area contributed by atoms with Crippen molar-refractivity contribution in [2.24, 2.45) is 7.05 Å². The van der Waals surface area contributed by atoms with Crippen LogP contribution in [0.2, 0.25) is 0 Å². The van der Waals surface area contributed by atoms with Crippen LogP contribution in [-0.2, 0) is 21.4 Å². The number of carbonyl (C=O) groups is 2. The van der Waals surface area contributed by atoms with Crippen LogP contribution >= 0.6 is 0 Å². The Morgan fingerprint density at radius 1 is 1.50 bits per heavy atom. The smallest absolute Gasteiger partial charge is 0.306 e. The van der Waals surface area contributed by atoms with Gasteiger partial charge in [0.05, 0.1) is 20.0 Å². The molecule has 0 radical (unpaired) electrons. The Bertz CT molecular complexity index is 383. The molecule has 0 aromatic carbocycles. The van der Waals surface area contributed by atoms with Crippen LogP contribution in [0, 0.1) is 0 Å². The normalized spacial score (nSPS) is 12.1. The predicted molar refractivity (Wildman–Crippen MR) is 57.0 cm³/mol. The first-order valence-electron chi connectivity index (χ1n) is 4.94. The van der Waals surface area contributed by atoms with Gasteiger partial charge < -0.3 is 14.4 Å². The van der Waals surface area contributed by atoms with Crippen molar-refractivity contribution in [3.63, 3.8) is 0 Å². The monoisotopic (exact) mass is 225 g/mol. The molecule has 1 rings (SSSR count). The van der Waals surface area contributed by atoms with Crippen LogP contribution in [0.15, 0.2) is 18.3 Å². The van der Waals surface area contributed by atoms with E-state index in [9.17, 15) is 9.59 Å². The van der Waals surface area contributed by atoms with Gasteiger partial charge in [-0.3, -0.25) is 9.59 Å². The molecule has 1 heterocycles. The van der Waals surface area contributed by atoms with E-state index in [0.29, 0.717) is 0 Å². The molecule has 0 aliphatic carbocycles. The number of hydrogen-bond acceptors (Lipinski definition) is 3. The fraction of sp³-hybridized carbons (Fsp3) is 0.455. The summed E-state index contributed by atoms with van der Waals surface area (Å²) in [6.07, 6.45) is 1.83. The van der Waals surface area contributed by atoms with E-state index in [4.69, 9.17) is 5.11 Å². The quantitative estimate of drug-likeness (QED) is 0.763. The standard InChI is InChI=1S/C11H15NO4/c1-12-5-3-4-9(12)8(6-10(13)14)7-11(15)16-2/h3-5,8H,6-7H2,1-2H3,(H,13,14). The Kier molecular flexibility index (Phi) is 4.10. The lowest BCUT2D eigenvalue weighted by Crippen LogP contribution is -2.15. The molecule has 1 unspecified atom stereocenters. The van der Waals surface area contributed by atoms with E-state index in [0.717, 1.165) is 5.69 Å². The molecule has 1 aromatic heterocycles. The summed E-state index contributed by atoms with van der Waals surface area (Å²) in [6, 6.07) is 3.64. The summed E-state index contributed by atoms with van der Waals surface area (Å²) in [7, 11) is 3.12. The van der Waals surface area contributed by atoms with Crippen molar-refractivity contribution in [3.05, 3.63) is 24.0 Å². The number of aromatic nitrogens is 1. The number of methoxy groups -OCH3 is 1. The second kappa shape index (κ2) is 5.34. The fourth-order valence-corrected chi connectivity index (χ4v) is 1.68. The highest BCUT2D eigenvalue weighted by Crippen LogP contribution is 2.23. The van der Waals surface area contributed by atoms with Gasteiger partial charge in [-0.25, -0.2) is 0 Å². The number of rotatable bonds is 5. The first-order chi connectivity index (χ1) is 7.54. The largest absolute Gasteiger partial charge is 0.481 e. The SMILES string of the molecule is COC(=O)CC(CC(=O)O)c1cccn1C. The van der Waals surface area contributed by atoms with Gasteiger partial charge >= 0.3 is 11.9 Å². The number of hydrogen-bond donors (Lipinski definition) is 1. The molecule has 16 heavy (non-hydrogen) atoms. The van der Waals surface area contributed by atoms with Crippen LogP contribution < -0.4 is 0 Å². The molecule has 0 amide bonds. The molecule has 0 aliphatic rings. The van der Waals surface area contributed by atoms with Crippen LogP contribution in [0.5, 0.6) is 0 Å². The molecule has 0 saturated heterocycles. The molecule has 1 atom stereocenters. The number of carboxylic acids is 1. The number of aliphatic carboxylic acids is 1. The maximum atomic E-state index is 11.2. The van der Waals surface area contributed by atoms with E-state index in [1.54, 1.807) is 0 Å². The van der Waals surface area contributed by atoms with Crippen molar-refractivity contribution >= 4 is 11.9 Å². The summed E-state index contributed by atoms with van der Waals surface area (Å²) in [5.41, 5.74) is 0.827. The van der Waals surface area contributed by atoms with Crippen LogP contribution in [-0.4, -0.2) is 28.7 Å². The van der Waals surface area contributed by atoms with E-state index in [1.807, 2.05) is 29.9 Å². The lowest BCUT2D eigenvalue weighted by atomic mass is 9.97. The van der Waals surface area contributed by atoms with Gasteiger partial charge in [0.2, 0.25) is 0 Å². The molecular formula is C11H15NO4. The first-order valence-corrected chi connectivity index (χ1v) is 4.94. The van der Waals surface area contributed by atoms with Crippen molar-refractivity contribution in [1.82, 2.24) is 4.57 Å². The minimum Gasteiger partial charge on any atom is -0.481 e. The molecule has 88 valence electrons. The molecule has 0 spiro atoms. The zero-order valence-corrected chi connectivity index (χ0v) is 9.34. The van der Waals surface area contributed by atoms with Gasteiger partial charge in [-0.15, -0.1) is 0 Å². The first kappa shape index (κ1) is 12.3. The third-order valence-electron chi connectivity index (χ3n) is 2.46. The minimum absolute atomic E-state index is 0.0764. The molecule has 0 fully saturated rings. The molecule has 5 nitrogen and oxygen atoms in total.